The molecule has 2 unspecified atom stereocenters. The topological polar surface area (TPSA) is 86.4 Å². The predicted molar refractivity (Wildman–Crippen MR) is 158 cm³/mol. The maximum absolute atomic E-state index is 11.4. The van der Waals surface area contributed by atoms with Gasteiger partial charge in [0.15, 0.2) is 0 Å². The molecular weight excluding hydrogens is 484 g/mol. The Hall–Kier alpha value is -4.06. The van der Waals surface area contributed by atoms with Gasteiger partial charge in [0.05, 0.1) is 34.2 Å². The summed E-state index contributed by atoms with van der Waals surface area (Å²) in [5, 5.41) is 14.8. The van der Waals surface area contributed by atoms with Gasteiger partial charge >= 0.3 is 0 Å². The van der Waals surface area contributed by atoms with Crippen molar-refractivity contribution in [3.63, 3.8) is 0 Å². The first-order chi connectivity index (χ1) is 18.8. The van der Waals surface area contributed by atoms with E-state index in [0.29, 0.717) is 18.6 Å². The largest absolute Gasteiger partial charge is 0.511 e. The third-order valence-electron chi connectivity index (χ3n) is 8.90. The second kappa shape index (κ2) is 9.30. The quantitative estimate of drug-likeness (QED) is 0.392. The summed E-state index contributed by atoms with van der Waals surface area (Å²) in [4.78, 5) is 26.5. The number of hydrogen-bond donors (Lipinski definition) is 2. The monoisotopic (exact) mass is 518 g/mol. The van der Waals surface area contributed by atoms with Crippen LogP contribution >= 0.6 is 0 Å². The highest BCUT2D eigenvalue weighted by atomic mass is 16.3. The molecule has 0 amide bonds. The predicted octanol–water partition coefficient (Wildman–Crippen LogP) is 6.82. The Morgan fingerprint density at radius 3 is 2.51 bits per heavy atom. The van der Waals surface area contributed by atoms with Gasteiger partial charge in [0.1, 0.15) is 12.0 Å². The number of nitrogens with one attached hydrogen (secondary N) is 1. The molecule has 0 saturated carbocycles. The Morgan fingerprint density at radius 1 is 1.05 bits per heavy atom. The molecule has 2 N–H and O–H groups in total. The fraction of sp³-hybridized carbons (Fsp3) is 0.333. The molecule has 1 fully saturated rings. The molecule has 0 radical (unpaired) electrons. The van der Waals surface area contributed by atoms with Crippen LogP contribution in [0.2, 0.25) is 0 Å². The Bertz CT molecular complexity index is 1610. The van der Waals surface area contributed by atoms with Gasteiger partial charge in [-0.2, -0.15) is 0 Å². The van der Waals surface area contributed by atoms with Crippen molar-refractivity contribution >= 4 is 23.4 Å². The summed E-state index contributed by atoms with van der Waals surface area (Å²) >= 11 is 0. The number of carbonyl (C=O) groups is 1. The molecule has 6 nitrogen and oxygen atoms in total. The van der Waals surface area contributed by atoms with E-state index in [4.69, 9.17) is 15.0 Å². The van der Waals surface area contributed by atoms with E-state index in [9.17, 15) is 9.90 Å². The first-order valence-corrected chi connectivity index (χ1v) is 13.8. The molecule has 0 aromatic heterocycles. The van der Waals surface area contributed by atoms with Crippen molar-refractivity contribution in [1.82, 2.24) is 5.32 Å². The van der Waals surface area contributed by atoms with Gasteiger partial charge in [0.2, 0.25) is 0 Å². The summed E-state index contributed by atoms with van der Waals surface area (Å²) in [5.74, 6) is 0.619. The zero-order valence-corrected chi connectivity index (χ0v) is 23.3. The van der Waals surface area contributed by atoms with Crippen molar-refractivity contribution in [2.45, 2.75) is 60.3 Å². The summed E-state index contributed by atoms with van der Waals surface area (Å²) < 4.78 is 0. The molecule has 2 atom stereocenters. The average Bonchev–Trinajstić information content (AvgIpc) is 3.65. The first-order valence-electron chi connectivity index (χ1n) is 13.8. The lowest BCUT2D eigenvalue weighted by Gasteiger charge is -2.16. The fourth-order valence-corrected chi connectivity index (χ4v) is 6.63. The van der Waals surface area contributed by atoms with Crippen LogP contribution in [0.3, 0.4) is 0 Å². The minimum atomic E-state index is 0.115. The van der Waals surface area contributed by atoms with Crippen molar-refractivity contribution in [3.05, 3.63) is 104 Å². The molecule has 1 saturated heterocycles. The summed E-state index contributed by atoms with van der Waals surface area (Å²) in [7, 11) is 0. The molecule has 0 aromatic rings. The summed E-state index contributed by atoms with van der Waals surface area (Å²) in [6, 6.07) is 0. The zero-order valence-electron chi connectivity index (χ0n) is 23.3. The number of nitrogens with zero attached hydrogens (tertiary/aromatic N) is 3. The van der Waals surface area contributed by atoms with Crippen LogP contribution in [0.5, 0.6) is 0 Å². The standard InChI is InChI=1S/C33H34N4O2/c1-7-20-16(3)24-13-26-18(5)22(10-9-11-38)32(36-26)23-12-30(39)31-19(6)27(37-33(23)31)15-29-21(8-2)17(4)25(35-29)14-28(20)34-24/h7,11,13-15,18,22,36,39H,1,8-10,12H2,2-6H3. The Kier molecular flexibility index (Phi) is 6.01. The zero-order chi connectivity index (χ0) is 27.6. The van der Waals surface area contributed by atoms with Gasteiger partial charge in [-0.05, 0) is 74.1 Å². The molecule has 5 heterocycles. The Morgan fingerprint density at radius 2 is 1.79 bits per heavy atom. The maximum Gasteiger partial charge on any atom is 0.120 e. The lowest BCUT2D eigenvalue weighted by molar-refractivity contribution is -0.108. The SMILES string of the molecule is C=CC1=C(C)C2=NC1=CC1=NC(=CC3=C(C)C4=C(O)CC(=C5NC(=C2)C(C)C5CCC=O)C4=N3)C(CC)=C1C. The minimum Gasteiger partial charge on any atom is -0.511 e. The van der Waals surface area contributed by atoms with Crippen LogP contribution in [0.25, 0.3) is 0 Å². The van der Waals surface area contributed by atoms with Crippen LogP contribution in [-0.2, 0) is 4.79 Å². The number of aliphatic hydroxyl groups excluding tert-OH is 1. The van der Waals surface area contributed by atoms with Gasteiger partial charge in [-0.3, -0.25) is 0 Å². The number of hydrogen-bond acceptors (Lipinski definition) is 6. The molecule has 6 rings (SSSR count). The molecule has 0 spiro atoms. The lowest BCUT2D eigenvalue weighted by Crippen LogP contribution is -2.14. The van der Waals surface area contributed by atoms with Gasteiger partial charge in [-0.15, -0.1) is 0 Å². The Balaban J connectivity index is 1.63. The van der Waals surface area contributed by atoms with E-state index in [1.807, 2.05) is 13.0 Å². The van der Waals surface area contributed by atoms with E-state index in [1.54, 1.807) is 0 Å². The normalized spacial score (nSPS) is 25.7. The number of aldehydes is 1. The van der Waals surface area contributed by atoms with Crippen molar-refractivity contribution in [2.24, 2.45) is 26.8 Å². The van der Waals surface area contributed by atoms with E-state index in [0.717, 1.165) is 98.2 Å². The minimum absolute atomic E-state index is 0.115. The van der Waals surface area contributed by atoms with E-state index in [2.05, 4.69) is 57.8 Å². The Labute approximate surface area is 229 Å². The average molecular weight is 519 g/mol. The summed E-state index contributed by atoms with van der Waals surface area (Å²) in [6.45, 7) is 14.7. The highest BCUT2D eigenvalue weighted by Gasteiger charge is 2.41. The smallest absolute Gasteiger partial charge is 0.120 e. The third kappa shape index (κ3) is 3.76. The van der Waals surface area contributed by atoms with Crippen LogP contribution in [0.15, 0.2) is 119 Å². The van der Waals surface area contributed by atoms with Crippen LogP contribution in [0.1, 0.15) is 60.3 Å². The molecule has 5 aliphatic heterocycles. The number of aliphatic hydroxyl groups is 1. The van der Waals surface area contributed by atoms with Gasteiger partial charge in [0.25, 0.3) is 0 Å². The molecule has 198 valence electrons. The summed E-state index contributed by atoms with van der Waals surface area (Å²) in [5.41, 5.74) is 14.6. The molecule has 1 aliphatic carbocycles. The lowest BCUT2D eigenvalue weighted by atomic mass is 9.86. The third-order valence-corrected chi connectivity index (χ3v) is 8.90. The fourth-order valence-electron chi connectivity index (χ4n) is 6.63. The van der Waals surface area contributed by atoms with Crippen molar-refractivity contribution < 1.29 is 9.90 Å². The number of aliphatic imine (C=N–C) groups is 3. The van der Waals surface area contributed by atoms with Gasteiger partial charge in [-0.25, -0.2) is 15.0 Å². The van der Waals surface area contributed by atoms with E-state index in [-0.39, 0.29) is 11.8 Å². The molecule has 0 aromatic carbocycles. The van der Waals surface area contributed by atoms with E-state index < -0.39 is 0 Å². The maximum atomic E-state index is 11.4. The number of allylic oxidation sites excluding steroid dienone is 12. The molecule has 8 bridgehead atoms. The van der Waals surface area contributed by atoms with Crippen molar-refractivity contribution in [2.75, 3.05) is 0 Å². The van der Waals surface area contributed by atoms with Crippen LogP contribution in [-0.4, -0.2) is 28.5 Å². The number of fused-ring (bicyclic) bond motifs is 5. The van der Waals surface area contributed by atoms with Crippen LogP contribution in [0, 0.1) is 11.8 Å². The summed E-state index contributed by atoms with van der Waals surface area (Å²) in [6.07, 6.45) is 11.6. The second-order valence-corrected chi connectivity index (χ2v) is 11.0. The number of carbonyl (C=O) groups excluding carboxylic acids is 1. The molecule has 6 heteroatoms. The number of rotatable bonds is 5. The molecule has 6 aliphatic rings. The highest BCUT2D eigenvalue weighted by molar-refractivity contribution is 6.21. The van der Waals surface area contributed by atoms with E-state index in [1.165, 1.54) is 5.57 Å². The van der Waals surface area contributed by atoms with Gasteiger partial charge in [-0.1, -0.05) is 26.5 Å². The van der Waals surface area contributed by atoms with Crippen LogP contribution in [0.4, 0.5) is 0 Å². The van der Waals surface area contributed by atoms with Crippen LogP contribution < -0.4 is 5.32 Å². The van der Waals surface area contributed by atoms with Crippen molar-refractivity contribution in [1.29, 1.82) is 0 Å². The van der Waals surface area contributed by atoms with Gasteiger partial charge in [0, 0.05) is 52.8 Å². The first kappa shape index (κ1) is 25.2. The van der Waals surface area contributed by atoms with Gasteiger partial charge < -0.3 is 15.2 Å². The molecular formula is C33H34N4O2. The van der Waals surface area contributed by atoms with E-state index >= 15 is 0 Å². The van der Waals surface area contributed by atoms with Crippen molar-refractivity contribution in [3.8, 4) is 0 Å². The highest BCUT2D eigenvalue weighted by Crippen LogP contribution is 2.46. The molecule has 39 heavy (non-hydrogen) atoms. The second-order valence-electron chi connectivity index (χ2n) is 11.0.